The number of para-hydroxylation sites is 1. The van der Waals surface area contributed by atoms with Crippen molar-refractivity contribution in [2.45, 2.75) is 0 Å². The van der Waals surface area contributed by atoms with Crippen LogP contribution in [-0.2, 0) is 7.05 Å². The molecule has 100 valence electrons. The van der Waals surface area contributed by atoms with Gasteiger partial charge in [0.05, 0.1) is 11.3 Å². The molecule has 2 aromatic heterocycles. The van der Waals surface area contributed by atoms with Gasteiger partial charge < -0.3 is 0 Å². The molecule has 0 aliphatic heterocycles. The summed E-state index contributed by atoms with van der Waals surface area (Å²) in [5.74, 6) is -0.399. The van der Waals surface area contributed by atoms with Gasteiger partial charge in [-0.25, -0.2) is 9.07 Å². The first-order chi connectivity index (χ1) is 9.70. The van der Waals surface area contributed by atoms with E-state index in [0.29, 0.717) is 28.9 Å². The van der Waals surface area contributed by atoms with Crippen LogP contribution in [0.1, 0.15) is 10.4 Å². The number of carbonyl (C=O) groups is 1. The Balaban J connectivity index is 2.17. The minimum Gasteiger partial charge on any atom is -0.298 e. The molecule has 0 saturated carbocycles. The predicted molar refractivity (Wildman–Crippen MR) is 71.1 cm³/mol. The summed E-state index contributed by atoms with van der Waals surface area (Å²) in [6.07, 6.45) is 3.83. The lowest BCUT2D eigenvalue weighted by molar-refractivity contribution is 0.112. The lowest BCUT2D eigenvalue weighted by atomic mass is 10.2. The average Bonchev–Trinajstić information content (AvgIpc) is 3.04. The SMILES string of the molecule is Cn1nccc1-c1nn(-c2ccccc2F)cc1C=O. The molecule has 6 heteroatoms. The van der Waals surface area contributed by atoms with E-state index in [1.807, 2.05) is 0 Å². The van der Waals surface area contributed by atoms with Crippen molar-refractivity contribution in [1.29, 1.82) is 0 Å². The molecule has 5 nitrogen and oxygen atoms in total. The van der Waals surface area contributed by atoms with E-state index in [9.17, 15) is 9.18 Å². The second kappa shape index (κ2) is 4.73. The molecule has 0 aliphatic rings. The van der Waals surface area contributed by atoms with Gasteiger partial charge >= 0.3 is 0 Å². The van der Waals surface area contributed by atoms with E-state index < -0.39 is 5.82 Å². The zero-order chi connectivity index (χ0) is 14.1. The monoisotopic (exact) mass is 270 g/mol. The van der Waals surface area contributed by atoms with Crippen molar-refractivity contribution in [2.75, 3.05) is 0 Å². The van der Waals surface area contributed by atoms with Gasteiger partial charge in [0.25, 0.3) is 0 Å². The van der Waals surface area contributed by atoms with Crippen molar-refractivity contribution < 1.29 is 9.18 Å². The third-order valence-electron chi connectivity index (χ3n) is 3.03. The van der Waals surface area contributed by atoms with E-state index in [0.717, 1.165) is 0 Å². The number of carbonyl (C=O) groups excluding carboxylic acids is 1. The first kappa shape index (κ1) is 12.3. The molecule has 0 unspecified atom stereocenters. The van der Waals surface area contributed by atoms with E-state index >= 15 is 0 Å². The molecular formula is C14H11FN4O. The van der Waals surface area contributed by atoms with Crippen LogP contribution in [-0.4, -0.2) is 25.8 Å². The average molecular weight is 270 g/mol. The zero-order valence-corrected chi connectivity index (χ0v) is 10.7. The van der Waals surface area contributed by atoms with Crippen molar-refractivity contribution >= 4 is 6.29 Å². The Labute approximate surface area is 114 Å². The number of aromatic nitrogens is 4. The summed E-state index contributed by atoms with van der Waals surface area (Å²) in [7, 11) is 1.76. The fourth-order valence-corrected chi connectivity index (χ4v) is 2.04. The van der Waals surface area contributed by atoms with Crippen molar-refractivity contribution in [3.8, 4) is 17.1 Å². The van der Waals surface area contributed by atoms with E-state index in [1.165, 1.54) is 16.9 Å². The van der Waals surface area contributed by atoms with Gasteiger partial charge in [-0.2, -0.15) is 10.2 Å². The van der Waals surface area contributed by atoms with Crippen molar-refractivity contribution in [2.24, 2.45) is 7.05 Å². The van der Waals surface area contributed by atoms with Gasteiger partial charge in [0, 0.05) is 19.4 Å². The van der Waals surface area contributed by atoms with Crippen LogP contribution in [0.3, 0.4) is 0 Å². The Morgan fingerprint density at radius 1 is 1.25 bits per heavy atom. The Bertz CT molecular complexity index is 775. The molecule has 0 spiro atoms. The van der Waals surface area contributed by atoms with Gasteiger partial charge in [-0.15, -0.1) is 0 Å². The maximum Gasteiger partial charge on any atom is 0.153 e. The topological polar surface area (TPSA) is 52.7 Å². The van der Waals surface area contributed by atoms with Crippen LogP contribution in [0, 0.1) is 5.82 Å². The number of hydrogen-bond donors (Lipinski definition) is 0. The van der Waals surface area contributed by atoms with Gasteiger partial charge in [0.15, 0.2) is 6.29 Å². The highest BCUT2D eigenvalue weighted by molar-refractivity contribution is 5.84. The van der Waals surface area contributed by atoms with Gasteiger partial charge in [-0.1, -0.05) is 12.1 Å². The molecule has 20 heavy (non-hydrogen) atoms. The van der Waals surface area contributed by atoms with Crippen molar-refractivity contribution in [1.82, 2.24) is 19.6 Å². The molecule has 0 radical (unpaired) electrons. The third-order valence-corrected chi connectivity index (χ3v) is 3.03. The van der Waals surface area contributed by atoms with Gasteiger partial charge in [0.1, 0.15) is 17.2 Å². The smallest absolute Gasteiger partial charge is 0.153 e. The van der Waals surface area contributed by atoms with Crippen LogP contribution in [0.25, 0.3) is 17.1 Å². The van der Waals surface area contributed by atoms with E-state index in [-0.39, 0.29) is 0 Å². The van der Waals surface area contributed by atoms with Gasteiger partial charge in [-0.3, -0.25) is 9.48 Å². The quantitative estimate of drug-likeness (QED) is 0.686. The lowest BCUT2D eigenvalue weighted by Gasteiger charge is -2.02. The zero-order valence-electron chi connectivity index (χ0n) is 10.7. The number of aldehydes is 1. The molecule has 0 N–H and O–H groups in total. The highest BCUT2D eigenvalue weighted by atomic mass is 19.1. The fourth-order valence-electron chi connectivity index (χ4n) is 2.04. The summed E-state index contributed by atoms with van der Waals surface area (Å²) in [5, 5.41) is 8.35. The van der Waals surface area contributed by atoms with Crippen LogP contribution in [0.15, 0.2) is 42.7 Å². The summed E-state index contributed by atoms with van der Waals surface area (Å²) < 4.78 is 16.7. The molecule has 0 aliphatic carbocycles. The molecule has 2 heterocycles. The van der Waals surface area contributed by atoms with Gasteiger partial charge in [0.2, 0.25) is 0 Å². The van der Waals surface area contributed by atoms with Crippen LogP contribution in [0.2, 0.25) is 0 Å². The first-order valence-corrected chi connectivity index (χ1v) is 5.99. The number of hydrogen-bond acceptors (Lipinski definition) is 3. The van der Waals surface area contributed by atoms with Crippen LogP contribution >= 0.6 is 0 Å². The fraction of sp³-hybridized carbons (Fsp3) is 0.0714. The van der Waals surface area contributed by atoms with Crippen LogP contribution < -0.4 is 0 Å². The number of rotatable bonds is 3. The molecule has 1 aromatic carbocycles. The van der Waals surface area contributed by atoms with Crippen molar-refractivity contribution in [3.63, 3.8) is 0 Å². The molecule has 0 bridgehead atoms. The number of aryl methyl sites for hydroxylation is 1. The minimum atomic E-state index is -0.399. The third kappa shape index (κ3) is 1.91. The van der Waals surface area contributed by atoms with Crippen LogP contribution in [0.4, 0.5) is 4.39 Å². The van der Waals surface area contributed by atoms with E-state index in [4.69, 9.17) is 0 Å². The number of benzene rings is 1. The van der Waals surface area contributed by atoms with E-state index in [1.54, 1.807) is 42.2 Å². The maximum absolute atomic E-state index is 13.8. The second-order valence-corrected chi connectivity index (χ2v) is 4.29. The second-order valence-electron chi connectivity index (χ2n) is 4.29. The summed E-state index contributed by atoms with van der Waals surface area (Å²) >= 11 is 0. The van der Waals surface area contributed by atoms with Gasteiger partial charge in [-0.05, 0) is 18.2 Å². The van der Waals surface area contributed by atoms with E-state index in [2.05, 4.69) is 10.2 Å². The highest BCUT2D eigenvalue weighted by Gasteiger charge is 2.15. The number of halogens is 1. The molecule has 3 aromatic rings. The largest absolute Gasteiger partial charge is 0.298 e. The summed E-state index contributed by atoms with van der Waals surface area (Å²) in [5.41, 5.74) is 1.85. The Hall–Kier alpha value is -2.76. The minimum absolute atomic E-state index is 0.295. The predicted octanol–water partition coefficient (Wildman–Crippen LogP) is 2.22. The molecule has 0 fully saturated rings. The Morgan fingerprint density at radius 3 is 2.70 bits per heavy atom. The molecule has 3 rings (SSSR count). The number of nitrogens with zero attached hydrogens (tertiary/aromatic N) is 4. The van der Waals surface area contributed by atoms with Crippen molar-refractivity contribution in [3.05, 3.63) is 54.1 Å². The summed E-state index contributed by atoms with van der Waals surface area (Å²) in [6.45, 7) is 0. The highest BCUT2D eigenvalue weighted by Crippen LogP contribution is 2.22. The molecule has 0 atom stereocenters. The standard InChI is InChI=1S/C14H11FN4O/c1-18-13(6-7-16-18)14-10(9-20)8-19(17-14)12-5-3-2-4-11(12)15/h2-9H,1H3. The summed E-state index contributed by atoms with van der Waals surface area (Å²) in [6, 6.07) is 8.02. The molecular weight excluding hydrogens is 259 g/mol. The summed E-state index contributed by atoms with van der Waals surface area (Å²) in [4.78, 5) is 11.2. The Kier molecular flexibility index (Phi) is 2.90. The first-order valence-electron chi connectivity index (χ1n) is 5.99. The molecule has 0 saturated heterocycles. The van der Waals surface area contributed by atoms with Crippen LogP contribution in [0.5, 0.6) is 0 Å². The maximum atomic E-state index is 13.8. The molecule has 0 amide bonds. The normalized spacial score (nSPS) is 10.7. The lowest BCUT2D eigenvalue weighted by Crippen LogP contribution is -1.99. The Morgan fingerprint density at radius 2 is 2.05 bits per heavy atom.